The van der Waals surface area contributed by atoms with Gasteiger partial charge in [0.05, 0.1) is 0 Å². The van der Waals surface area contributed by atoms with Crippen LogP contribution in [-0.4, -0.2) is 61.1 Å². The number of carbonyl (C=O) groups is 2. The Kier molecular flexibility index (Phi) is 7.12. The molecule has 0 radical (unpaired) electrons. The van der Waals surface area contributed by atoms with Crippen LogP contribution in [0.1, 0.15) is 31.8 Å². The first-order valence-corrected chi connectivity index (χ1v) is 10.9. The molecule has 0 aliphatic carbocycles. The number of piperazine rings is 1. The minimum atomic E-state index is -0.0895. The van der Waals surface area contributed by atoms with Gasteiger partial charge in [0.1, 0.15) is 0 Å². The largest absolute Gasteiger partial charge is 0.348 e. The van der Waals surface area contributed by atoms with E-state index < -0.39 is 0 Å². The van der Waals surface area contributed by atoms with E-state index in [1.165, 1.54) is 5.56 Å². The lowest BCUT2D eigenvalue weighted by Gasteiger charge is -2.32. The van der Waals surface area contributed by atoms with Gasteiger partial charge in [0.15, 0.2) is 0 Å². The van der Waals surface area contributed by atoms with Crippen LogP contribution >= 0.6 is 11.8 Å². The lowest BCUT2D eigenvalue weighted by molar-refractivity contribution is 0.0664. The summed E-state index contributed by atoms with van der Waals surface area (Å²) in [6.45, 7) is 3.79. The minimum absolute atomic E-state index is 0.0778. The maximum absolute atomic E-state index is 12.6. The van der Waals surface area contributed by atoms with Crippen LogP contribution in [0.4, 0.5) is 0 Å². The zero-order chi connectivity index (χ0) is 19.9. The summed E-state index contributed by atoms with van der Waals surface area (Å²) >= 11 is 1.76. The molecule has 1 aliphatic rings. The molecule has 2 aromatic rings. The predicted octanol–water partition coefficient (Wildman–Crippen LogP) is 2.87. The Morgan fingerprint density at radius 1 is 0.893 bits per heavy atom. The van der Waals surface area contributed by atoms with Crippen molar-refractivity contribution in [3.63, 3.8) is 0 Å². The van der Waals surface area contributed by atoms with E-state index >= 15 is 0 Å². The topological polar surface area (TPSA) is 52.7 Å². The van der Waals surface area contributed by atoms with Crippen molar-refractivity contribution in [1.29, 1.82) is 0 Å². The second-order valence-corrected chi connectivity index (χ2v) is 7.97. The molecule has 2 aromatic carbocycles. The number of nitrogens with one attached hydrogen (secondary N) is 1. The summed E-state index contributed by atoms with van der Waals surface area (Å²) in [4.78, 5) is 29.0. The first-order chi connectivity index (χ1) is 13.6. The van der Waals surface area contributed by atoms with E-state index in [0.717, 1.165) is 37.5 Å². The Hall–Kier alpha value is -2.31. The Morgan fingerprint density at radius 3 is 2.07 bits per heavy atom. The fraction of sp³-hybridized carbons (Fsp3) is 0.364. The van der Waals surface area contributed by atoms with E-state index in [9.17, 15) is 9.59 Å². The monoisotopic (exact) mass is 397 g/mol. The fourth-order valence-corrected chi connectivity index (χ4v) is 3.69. The van der Waals surface area contributed by atoms with E-state index in [4.69, 9.17) is 0 Å². The molecule has 28 heavy (non-hydrogen) atoms. The van der Waals surface area contributed by atoms with Crippen molar-refractivity contribution in [2.45, 2.75) is 12.3 Å². The van der Waals surface area contributed by atoms with Gasteiger partial charge in [0.25, 0.3) is 11.8 Å². The van der Waals surface area contributed by atoms with Gasteiger partial charge in [-0.05, 0) is 48.7 Å². The molecule has 0 spiro atoms. The number of thioether (sulfide) groups is 1. The number of rotatable bonds is 6. The summed E-state index contributed by atoms with van der Waals surface area (Å²) in [5.74, 6) is 0.934. The normalized spacial score (nSPS) is 14.7. The number of amides is 2. The average Bonchev–Trinajstić information content (AvgIpc) is 2.73. The first kappa shape index (κ1) is 20.4. The van der Waals surface area contributed by atoms with E-state index in [1.807, 2.05) is 53.4 Å². The maximum Gasteiger partial charge on any atom is 0.253 e. The second kappa shape index (κ2) is 9.75. The van der Waals surface area contributed by atoms with Gasteiger partial charge in [-0.15, -0.1) is 0 Å². The average molecular weight is 398 g/mol. The second-order valence-electron chi connectivity index (χ2n) is 7.11. The Labute approximate surface area is 171 Å². The lowest BCUT2D eigenvalue weighted by atomic mass is 10.1. The molecule has 1 N–H and O–H groups in total. The van der Waals surface area contributed by atoms with Gasteiger partial charge in [0.2, 0.25) is 0 Å². The van der Waals surface area contributed by atoms with Gasteiger partial charge in [0, 0.05) is 49.6 Å². The van der Waals surface area contributed by atoms with Crippen molar-refractivity contribution >= 4 is 23.6 Å². The van der Waals surface area contributed by atoms with Crippen molar-refractivity contribution in [3.8, 4) is 0 Å². The number of benzene rings is 2. The molecule has 1 saturated heterocycles. The molecule has 0 aromatic heterocycles. The molecular formula is C22H27N3O2S. The van der Waals surface area contributed by atoms with E-state index in [-0.39, 0.29) is 11.8 Å². The molecule has 0 unspecified atom stereocenters. The molecule has 1 aliphatic heterocycles. The van der Waals surface area contributed by atoms with E-state index in [0.29, 0.717) is 17.7 Å². The smallest absolute Gasteiger partial charge is 0.253 e. The molecule has 5 nitrogen and oxygen atoms in total. The van der Waals surface area contributed by atoms with Crippen LogP contribution < -0.4 is 5.32 Å². The number of carbonyl (C=O) groups excluding carboxylic acids is 2. The standard InChI is InChI=1S/C22H27N3O2S/c1-24-11-13-25(14-12-24)22(27)20-9-3-17(4-10-20)15-23-21(26)19-7-5-18(6-8-19)16-28-2/h3-10H,11-16H2,1-2H3,(H,23,26). The van der Waals surface area contributed by atoms with E-state index in [1.54, 1.807) is 11.8 Å². The highest BCUT2D eigenvalue weighted by atomic mass is 32.2. The number of likely N-dealkylation sites (N-methyl/N-ethyl adjacent to an activating group) is 1. The highest BCUT2D eigenvalue weighted by molar-refractivity contribution is 7.97. The molecule has 0 saturated carbocycles. The Bertz CT molecular complexity index is 798. The van der Waals surface area contributed by atoms with Crippen LogP contribution in [0.3, 0.4) is 0 Å². The van der Waals surface area contributed by atoms with Crippen molar-refractivity contribution in [1.82, 2.24) is 15.1 Å². The predicted molar refractivity (Wildman–Crippen MR) is 115 cm³/mol. The van der Waals surface area contributed by atoms with Crippen molar-refractivity contribution in [2.75, 3.05) is 39.5 Å². The molecule has 3 rings (SSSR count). The lowest BCUT2D eigenvalue weighted by Crippen LogP contribution is -2.47. The zero-order valence-electron chi connectivity index (χ0n) is 16.5. The quantitative estimate of drug-likeness (QED) is 0.814. The number of hydrogen-bond acceptors (Lipinski definition) is 4. The minimum Gasteiger partial charge on any atom is -0.348 e. The van der Waals surface area contributed by atoms with Crippen molar-refractivity contribution in [3.05, 3.63) is 70.8 Å². The van der Waals surface area contributed by atoms with Crippen LogP contribution in [-0.2, 0) is 12.3 Å². The third-order valence-electron chi connectivity index (χ3n) is 4.97. The maximum atomic E-state index is 12.6. The molecule has 148 valence electrons. The SMILES string of the molecule is CSCc1ccc(C(=O)NCc2ccc(C(=O)N3CCN(C)CC3)cc2)cc1. The highest BCUT2D eigenvalue weighted by Gasteiger charge is 2.20. The zero-order valence-corrected chi connectivity index (χ0v) is 17.3. The van der Waals surface area contributed by atoms with Gasteiger partial charge in [-0.25, -0.2) is 0 Å². The molecule has 1 fully saturated rings. The van der Waals surface area contributed by atoms with Gasteiger partial charge >= 0.3 is 0 Å². The molecule has 1 heterocycles. The summed E-state index contributed by atoms with van der Waals surface area (Å²) < 4.78 is 0. The van der Waals surface area contributed by atoms with Crippen molar-refractivity contribution < 1.29 is 9.59 Å². The third kappa shape index (κ3) is 5.36. The number of nitrogens with zero attached hydrogens (tertiary/aromatic N) is 2. The fourth-order valence-electron chi connectivity index (χ4n) is 3.16. The van der Waals surface area contributed by atoms with Crippen LogP contribution in [0.5, 0.6) is 0 Å². The molecule has 2 amide bonds. The first-order valence-electron chi connectivity index (χ1n) is 9.49. The Morgan fingerprint density at radius 2 is 1.46 bits per heavy atom. The van der Waals surface area contributed by atoms with Gasteiger partial charge in [-0.2, -0.15) is 11.8 Å². The van der Waals surface area contributed by atoms with Crippen molar-refractivity contribution in [2.24, 2.45) is 0 Å². The molecule has 6 heteroatoms. The van der Waals surface area contributed by atoms with Crippen LogP contribution in [0, 0.1) is 0 Å². The van der Waals surface area contributed by atoms with Gasteiger partial charge in [-0.3, -0.25) is 9.59 Å². The number of hydrogen-bond donors (Lipinski definition) is 1. The summed E-state index contributed by atoms with van der Waals surface area (Å²) in [6.07, 6.45) is 2.06. The van der Waals surface area contributed by atoms with Crippen LogP contribution in [0.15, 0.2) is 48.5 Å². The molecule has 0 bridgehead atoms. The summed E-state index contributed by atoms with van der Waals surface area (Å²) in [5, 5.41) is 2.94. The van der Waals surface area contributed by atoms with Crippen LogP contribution in [0.25, 0.3) is 0 Å². The third-order valence-corrected chi connectivity index (χ3v) is 5.59. The summed E-state index contributed by atoms with van der Waals surface area (Å²) in [5.41, 5.74) is 3.54. The van der Waals surface area contributed by atoms with Gasteiger partial charge in [-0.1, -0.05) is 24.3 Å². The molecular weight excluding hydrogens is 370 g/mol. The summed E-state index contributed by atoms with van der Waals surface area (Å²) in [7, 11) is 2.07. The van der Waals surface area contributed by atoms with Crippen LogP contribution in [0.2, 0.25) is 0 Å². The Balaban J connectivity index is 1.52. The summed E-state index contributed by atoms with van der Waals surface area (Å²) in [6, 6.07) is 15.2. The van der Waals surface area contributed by atoms with E-state index in [2.05, 4.69) is 23.5 Å². The van der Waals surface area contributed by atoms with Gasteiger partial charge < -0.3 is 15.1 Å². The molecule has 0 atom stereocenters. The highest BCUT2D eigenvalue weighted by Crippen LogP contribution is 2.12.